The molecule has 0 unspecified atom stereocenters. The largest absolute Gasteiger partial charge is 0.339 e. The zero-order valence-corrected chi connectivity index (χ0v) is 19.9. The van der Waals surface area contributed by atoms with Crippen LogP contribution >= 0.6 is 23.1 Å². The summed E-state index contributed by atoms with van der Waals surface area (Å²) in [5, 5.41) is 18.0. The minimum absolute atomic E-state index is 0.0659. The molecule has 2 amide bonds. The first-order valence-corrected chi connectivity index (χ1v) is 12.2. The average molecular weight is 496 g/mol. The topological polar surface area (TPSA) is 136 Å². The Morgan fingerprint density at radius 3 is 2.79 bits per heavy atom. The number of benzene rings is 1. The van der Waals surface area contributed by atoms with Crippen molar-refractivity contribution in [2.75, 3.05) is 16.4 Å². The van der Waals surface area contributed by atoms with Crippen LogP contribution in [-0.2, 0) is 16.0 Å². The predicted octanol–water partition coefficient (Wildman–Crippen LogP) is 3.98. The number of thioether (sulfide) groups is 1. The Labute approximate surface area is 203 Å². The van der Waals surface area contributed by atoms with Crippen LogP contribution in [0, 0.1) is 6.92 Å². The molecule has 12 heteroatoms. The van der Waals surface area contributed by atoms with Gasteiger partial charge in [0.05, 0.1) is 0 Å². The van der Waals surface area contributed by atoms with Gasteiger partial charge in [-0.3, -0.25) is 14.6 Å². The zero-order valence-electron chi connectivity index (χ0n) is 18.2. The van der Waals surface area contributed by atoms with E-state index in [0.717, 1.165) is 16.8 Å². The first kappa shape index (κ1) is 23.5. The quantitative estimate of drug-likeness (QED) is 0.247. The van der Waals surface area contributed by atoms with Gasteiger partial charge in [-0.05, 0) is 36.8 Å². The van der Waals surface area contributed by atoms with E-state index in [1.54, 1.807) is 18.5 Å². The van der Waals surface area contributed by atoms with E-state index in [9.17, 15) is 9.59 Å². The molecule has 3 aromatic heterocycles. The fourth-order valence-corrected chi connectivity index (χ4v) is 4.64. The van der Waals surface area contributed by atoms with Gasteiger partial charge in [-0.1, -0.05) is 40.4 Å². The molecule has 10 nitrogen and oxygen atoms in total. The molecular weight excluding hydrogens is 474 g/mol. The van der Waals surface area contributed by atoms with Crippen LogP contribution in [0.2, 0.25) is 0 Å². The van der Waals surface area contributed by atoms with Gasteiger partial charge < -0.3 is 15.2 Å². The summed E-state index contributed by atoms with van der Waals surface area (Å²) >= 11 is 2.68. The van der Waals surface area contributed by atoms with Crippen molar-refractivity contribution >= 4 is 45.7 Å². The smallest absolute Gasteiger partial charge is 0.227 e. The van der Waals surface area contributed by atoms with Crippen LogP contribution < -0.4 is 10.6 Å². The number of aryl methyl sites for hydroxylation is 2. The standard InChI is InChI=1S/C22H21N7O3S2/c1-14-4-2-6-16(12-14)24-18(31)9-11-33-22-28-27-21(34-22)25-17(30)7-8-19-26-20(29-32-19)15-5-3-10-23-13-15/h2-6,10,12-13H,7-9,11H2,1H3,(H,24,31)(H,25,27,30). The highest BCUT2D eigenvalue weighted by Gasteiger charge is 2.13. The van der Waals surface area contributed by atoms with E-state index in [1.807, 2.05) is 37.3 Å². The maximum absolute atomic E-state index is 12.2. The van der Waals surface area contributed by atoms with E-state index < -0.39 is 0 Å². The number of hydrogen-bond donors (Lipinski definition) is 2. The Kier molecular flexibility index (Phi) is 7.94. The van der Waals surface area contributed by atoms with Crippen molar-refractivity contribution in [3.63, 3.8) is 0 Å². The Hall–Kier alpha value is -3.64. The number of carbonyl (C=O) groups is 2. The molecule has 4 aromatic rings. The van der Waals surface area contributed by atoms with Crippen molar-refractivity contribution in [3.05, 3.63) is 60.2 Å². The highest BCUT2D eigenvalue weighted by atomic mass is 32.2. The summed E-state index contributed by atoms with van der Waals surface area (Å²) in [5.74, 6) is 1.06. The van der Waals surface area contributed by atoms with Gasteiger partial charge in [-0.25, -0.2) is 0 Å². The molecule has 0 atom stereocenters. The Balaban J connectivity index is 1.17. The maximum Gasteiger partial charge on any atom is 0.227 e. The number of rotatable bonds is 10. The minimum Gasteiger partial charge on any atom is -0.339 e. The molecular formula is C22H21N7O3S2. The number of amides is 2. The summed E-state index contributed by atoms with van der Waals surface area (Å²) in [6, 6.07) is 11.3. The normalized spacial score (nSPS) is 10.7. The van der Waals surface area contributed by atoms with Crippen molar-refractivity contribution < 1.29 is 14.1 Å². The van der Waals surface area contributed by atoms with Gasteiger partial charge in [-0.2, -0.15) is 4.98 Å². The first-order valence-electron chi connectivity index (χ1n) is 10.4. The van der Waals surface area contributed by atoms with Gasteiger partial charge >= 0.3 is 0 Å². The molecule has 0 aliphatic heterocycles. The van der Waals surface area contributed by atoms with Crippen LogP contribution in [0.1, 0.15) is 24.3 Å². The summed E-state index contributed by atoms with van der Waals surface area (Å²) in [5.41, 5.74) is 2.61. The molecule has 174 valence electrons. The van der Waals surface area contributed by atoms with E-state index >= 15 is 0 Å². The minimum atomic E-state index is -0.230. The molecule has 3 heterocycles. The van der Waals surface area contributed by atoms with Crippen molar-refractivity contribution in [2.45, 2.75) is 30.5 Å². The van der Waals surface area contributed by atoms with Crippen molar-refractivity contribution in [1.82, 2.24) is 25.3 Å². The Morgan fingerprint density at radius 2 is 1.97 bits per heavy atom. The fraction of sp³-hybridized carbons (Fsp3) is 0.227. The molecule has 4 rings (SSSR count). The second-order valence-electron chi connectivity index (χ2n) is 7.19. The van der Waals surface area contributed by atoms with Gasteiger partial charge in [0.25, 0.3) is 0 Å². The number of carbonyl (C=O) groups excluding carboxylic acids is 2. The Bertz CT molecular complexity index is 1260. The summed E-state index contributed by atoms with van der Waals surface area (Å²) in [6.45, 7) is 1.97. The van der Waals surface area contributed by atoms with Gasteiger partial charge in [0.2, 0.25) is 28.7 Å². The van der Waals surface area contributed by atoms with E-state index in [0.29, 0.717) is 39.8 Å². The average Bonchev–Trinajstić information content (AvgIpc) is 3.48. The zero-order chi connectivity index (χ0) is 23.8. The maximum atomic E-state index is 12.2. The van der Waals surface area contributed by atoms with Gasteiger partial charge in [0.1, 0.15) is 0 Å². The fourth-order valence-electron chi connectivity index (χ4n) is 2.87. The number of hydrogen-bond acceptors (Lipinski definition) is 10. The highest BCUT2D eigenvalue weighted by Crippen LogP contribution is 2.26. The third-order valence-electron chi connectivity index (χ3n) is 4.46. The number of nitrogens with zero attached hydrogens (tertiary/aromatic N) is 5. The molecule has 0 radical (unpaired) electrons. The Morgan fingerprint density at radius 1 is 1.09 bits per heavy atom. The number of aromatic nitrogens is 5. The number of anilines is 2. The molecule has 34 heavy (non-hydrogen) atoms. The lowest BCUT2D eigenvalue weighted by Crippen LogP contribution is -2.12. The van der Waals surface area contributed by atoms with Crippen molar-refractivity contribution in [1.29, 1.82) is 0 Å². The van der Waals surface area contributed by atoms with Crippen LogP contribution in [0.3, 0.4) is 0 Å². The summed E-state index contributed by atoms with van der Waals surface area (Å²) in [7, 11) is 0. The molecule has 0 bridgehead atoms. The van der Waals surface area contributed by atoms with E-state index in [2.05, 4.69) is 36.0 Å². The van der Waals surface area contributed by atoms with Crippen LogP contribution in [0.4, 0.5) is 10.8 Å². The first-order chi connectivity index (χ1) is 16.5. The molecule has 0 aliphatic rings. The molecule has 0 saturated heterocycles. The SMILES string of the molecule is Cc1cccc(NC(=O)CCSc2nnc(NC(=O)CCc3nc(-c4cccnc4)no3)s2)c1. The summed E-state index contributed by atoms with van der Waals surface area (Å²) < 4.78 is 5.88. The van der Waals surface area contributed by atoms with E-state index in [1.165, 1.54) is 23.1 Å². The molecule has 0 saturated carbocycles. The molecule has 2 N–H and O–H groups in total. The molecule has 1 aromatic carbocycles. The van der Waals surface area contributed by atoms with Gasteiger partial charge in [0.15, 0.2) is 4.34 Å². The second-order valence-corrected chi connectivity index (χ2v) is 9.51. The van der Waals surface area contributed by atoms with E-state index in [4.69, 9.17) is 4.52 Å². The molecule has 0 spiro atoms. The molecule has 0 aliphatic carbocycles. The van der Waals surface area contributed by atoms with Crippen LogP contribution in [-0.4, -0.2) is 42.9 Å². The third kappa shape index (κ3) is 6.93. The lowest BCUT2D eigenvalue weighted by atomic mass is 10.2. The van der Waals surface area contributed by atoms with Crippen molar-refractivity contribution in [2.24, 2.45) is 0 Å². The second kappa shape index (κ2) is 11.5. The predicted molar refractivity (Wildman–Crippen MR) is 130 cm³/mol. The van der Waals surface area contributed by atoms with E-state index in [-0.39, 0.29) is 18.2 Å². The number of nitrogens with one attached hydrogen (secondary N) is 2. The lowest BCUT2D eigenvalue weighted by molar-refractivity contribution is -0.116. The third-order valence-corrected chi connectivity index (χ3v) is 6.44. The van der Waals surface area contributed by atoms with Crippen molar-refractivity contribution in [3.8, 4) is 11.4 Å². The monoisotopic (exact) mass is 495 g/mol. The van der Waals surface area contributed by atoms with Crippen LogP contribution in [0.15, 0.2) is 57.7 Å². The molecule has 0 fully saturated rings. The van der Waals surface area contributed by atoms with Gasteiger partial charge in [-0.15, -0.1) is 10.2 Å². The summed E-state index contributed by atoms with van der Waals surface area (Å²) in [6.07, 6.45) is 4.11. The lowest BCUT2D eigenvalue weighted by Gasteiger charge is -2.05. The van der Waals surface area contributed by atoms with Gasteiger partial charge in [0, 0.05) is 48.7 Å². The van der Waals surface area contributed by atoms with Crippen LogP contribution in [0.5, 0.6) is 0 Å². The number of pyridine rings is 1. The summed E-state index contributed by atoms with van der Waals surface area (Å²) in [4.78, 5) is 32.6. The highest BCUT2D eigenvalue weighted by molar-refractivity contribution is 8.01. The van der Waals surface area contributed by atoms with Crippen LogP contribution in [0.25, 0.3) is 11.4 Å².